The monoisotopic (exact) mass is 429 g/mol. The molecule has 0 bridgehead atoms. The van der Waals surface area contributed by atoms with Gasteiger partial charge in [0.15, 0.2) is 0 Å². The van der Waals surface area contributed by atoms with Gasteiger partial charge < -0.3 is 15.0 Å². The number of fused-ring (bicyclic) bond motifs is 1. The number of urea groups is 1. The van der Waals surface area contributed by atoms with Crippen LogP contribution >= 0.6 is 11.6 Å². The summed E-state index contributed by atoms with van der Waals surface area (Å²) >= 11 is 6.03. The molecule has 0 radical (unpaired) electrons. The number of hydrogen-bond donors (Lipinski definition) is 2. The summed E-state index contributed by atoms with van der Waals surface area (Å²) < 4.78 is 18.6. The third-order valence-electron chi connectivity index (χ3n) is 4.40. The van der Waals surface area contributed by atoms with Gasteiger partial charge >= 0.3 is 6.03 Å². The van der Waals surface area contributed by atoms with Crippen LogP contribution in [0.2, 0.25) is 5.02 Å². The molecule has 0 aromatic heterocycles. The zero-order chi connectivity index (χ0) is 21.7. The lowest BCUT2D eigenvalue weighted by molar-refractivity contribution is -0.108. The number of hydrogen-bond acceptors (Lipinski definition) is 4. The second-order valence-corrected chi connectivity index (χ2v) is 6.80. The number of halogens is 2. The summed E-state index contributed by atoms with van der Waals surface area (Å²) in [6.45, 7) is 0.371. The first-order valence-corrected chi connectivity index (χ1v) is 9.22. The minimum Gasteiger partial charge on any atom is -0.497 e. The molecule has 1 aliphatic rings. The molecule has 2 aromatic rings. The highest BCUT2D eigenvalue weighted by Crippen LogP contribution is 2.26. The molecule has 3 rings (SSSR count). The fourth-order valence-electron chi connectivity index (χ4n) is 2.97. The summed E-state index contributed by atoms with van der Waals surface area (Å²) in [5.41, 5.74) is 1.56. The maximum Gasteiger partial charge on any atom is 0.322 e. The summed E-state index contributed by atoms with van der Waals surface area (Å²) in [5, 5.41) is 4.71. The SMILES string of the molecule is COc1ccc2c(c1)C(=O)N(C[C@@H](C#Cc1cc(F)ccc1Cl)NC(=O)NC=O)C2. The van der Waals surface area contributed by atoms with Crippen molar-refractivity contribution in [1.82, 2.24) is 15.5 Å². The molecule has 2 N–H and O–H groups in total. The average molecular weight is 430 g/mol. The zero-order valence-corrected chi connectivity index (χ0v) is 16.6. The second-order valence-electron chi connectivity index (χ2n) is 6.39. The van der Waals surface area contributed by atoms with Gasteiger partial charge in [-0.25, -0.2) is 9.18 Å². The summed E-state index contributed by atoms with van der Waals surface area (Å²) in [6, 6.07) is 7.33. The quantitative estimate of drug-likeness (QED) is 0.564. The maximum atomic E-state index is 13.5. The van der Waals surface area contributed by atoms with E-state index in [2.05, 4.69) is 17.2 Å². The number of benzene rings is 2. The third kappa shape index (κ3) is 4.88. The van der Waals surface area contributed by atoms with Crippen molar-refractivity contribution in [3.63, 3.8) is 0 Å². The van der Waals surface area contributed by atoms with E-state index in [-0.39, 0.29) is 29.4 Å². The Hall–Kier alpha value is -3.57. The van der Waals surface area contributed by atoms with Crippen LogP contribution in [0.1, 0.15) is 21.5 Å². The Labute approximate surface area is 177 Å². The molecule has 1 heterocycles. The number of nitrogens with one attached hydrogen (secondary N) is 2. The third-order valence-corrected chi connectivity index (χ3v) is 4.73. The number of methoxy groups -OCH3 is 1. The Morgan fingerprint density at radius 1 is 1.37 bits per heavy atom. The topological polar surface area (TPSA) is 87.7 Å². The van der Waals surface area contributed by atoms with Crippen LogP contribution in [0, 0.1) is 17.7 Å². The fourth-order valence-corrected chi connectivity index (χ4v) is 3.14. The van der Waals surface area contributed by atoms with E-state index in [1.807, 2.05) is 5.32 Å². The minimum absolute atomic E-state index is 0.0437. The molecule has 0 fully saturated rings. The highest BCUT2D eigenvalue weighted by molar-refractivity contribution is 6.31. The van der Waals surface area contributed by atoms with Crippen molar-refractivity contribution in [2.45, 2.75) is 12.6 Å². The van der Waals surface area contributed by atoms with Crippen molar-refractivity contribution < 1.29 is 23.5 Å². The predicted octanol–water partition coefficient (Wildman–Crippen LogP) is 2.32. The normalized spacial score (nSPS) is 13.0. The van der Waals surface area contributed by atoms with Crippen LogP contribution in [0.15, 0.2) is 36.4 Å². The van der Waals surface area contributed by atoms with Gasteiger partial charge in [0.25, 0.3) is 5.91 Å². The predicted molar refractivity (Wildman–Crippen MR) is 108 cm³/mol. The van der Waals surface area contributed by atoms with Crippen LogP contribution in [-0.4, -0.2) is 42.9 Å². The number of nitrogens with zero attached hydrogens (tertiary/aromatic N) is 1. The van der Waals surface area contributed by atoms with Crippen LogP contribution < -0.4 is 15.4 Å². The maximum absolute atomic E-state index is 13.5. The summed E-state index contributed by atoms with van der Waals surface area (Å²) in [5.74, 6) is 5.31. The lowest BCUT2D eigenvalue weighted by atomic mass is 10.1. The molecular weight excluding hydrogens is 413 g/mol. The Morgan fingerprint density at radius 2 is 2.17 bits per heavy atom. The van der Waals surface area contributed by atoms with E-state index in [4.69, 9.17) is 16.3 Å². The fraction of sp³-hybridized carbons (Fsp3) is 0.190. The van der Waals surface area contributed by atoms with E-state index >= 15 is 0 Å². The molecule has 1 aliphatic heterocycles. The van der Waals surface area contributed by atoms with E-state index in [0.717, 1.165) is 5.56 Å². The van der Waals surface area contributed by atoms with E-state index < -0.39 is 17.9 Å². The smallest absolute Gasteiger partial charge is 0.322 e. The van der Waals surface area contributed by atoms with Crippen molar-refractivity contribution in [2.75, 3.05) is 13.7 Å². The molecule has 1 atom stereocenters. The second kappa shape index (κ2) is 9.29. The van der Waals surface area contributed by atoms with Gasteiger partial charge in [0, 0.05) is 17.7 Å². The molecule has 0 unspecified atom stereocenters. The lowest BCUT2D eigenvalue weighted by Crippen LogP contribution is -2.46. The van der Waals surface area contributed by atoms with Crippen LogP contribution in [0.5, 0.6) is 5.75 Å². The van der Waals surface area contributed by atoms with E-state index in [0.29, 0.717) is 17.9 Å². The first-order chi connectivity index (χ1) is 14.4. The molecule has 0 spiro atoms. The van der Waals surface area contributed by atoms with Crippen LogP contribution in [0.4, 0.5) is 9.18 Å². The molecule has 0 saturated heterocycles. The van der Waals surface area contributed by atoms with Gasteiger partial charge in [0.2, 0.25) is 6.41 Å². The molecular formula is C21H17ClFN3O4. The summed E-state index contributed by atoms with van der Waals surface area (Å²) in [4.78, 5) is 36.6. The first-order valence-electron chi connectivity index (χ1n) is 8.84. The van der Waals surface area contributed by atoms with Gasteiger partial charge in [0.1, 0.15) is 17.6 Å². The zero-order valence-electron chi connectivity index (χ0n) is 15.9. The lowest BCUT2D eigenvalue weighted by Gasteiger charge is -2.21. The van der Waals surface area contributed by atoms with Gasteiger partial charge in [-0.15, -0.1) is 0 Å². The van der Waals surface area contributed by atoms with Crippen LogP contribution in [0.25, 0.3) is 0 Å². The number of amides is 4. The first kappa shape index (κ1) is 21.1. The highest BCUT2D eigenvalue weighted by atomic mass is 35.5. The van der Waals surface area contributed by atoms with Crippen LogP contribution in [0.3, 0.4) is 0 Å². The molecule has 154 valence electrons. The molecule has 9 heteroatoms. The van der Waals surface area contributed by atoms with Crippen molar-refractivity contribution in [3.8, 4) is 17.6 Å². The largest absolute Gasteiger partial charge is 0.497 e. The van der Waals surface area contributed by atoms with Crippen molar-refractivity contribution in [1.29, 1.82) is 0 Å². The van der Waals surface area contributed by atoms with Gasteiger partial charge in [0.05, 0.1) is 18.7 Å². The van der Waals surface area contributed by atoms with Gasteiger partial charge in [-0.2, -0.15) is 0 Å². The number of rotatable bonds is 5. The Bertz CT molecular complexity index is 1060. The average Bonchev–Trinajstić information content (AvgIpc) is 3.03. The molecule has 4 amide bonds. The van der Waals surface area contributed by atoms with Gasteiger partial charge in [-0.1, -0.05) is 29.5 Å². The van der Waals surface area contributed by atoms with Gasteiger partial charge in [-0.05, 0) is 35.9 Å². The summed E-state index contributed by atoms with van der Waals surface area (Å²) in [6.07, 6.45) is 0.229. The van der Waals surface area contributed by atoms with E-state index in [1.165, 1.54) is 30.2 Å². The Morgan fingerprint density at radius 3 is 2.90 bits per heavy atom. The Balaban J connectivity index is 1.82. The standard InChI is InChI=1S/C21H17ClFN3O4/c1-30-17-6-3-14-10-26(20(28)18(14)9-17)11-16(25-21(29)24-12-27)5-2-13-8-15(23)4-7-19(13)22/h3-4,6-9,12,16H,10-11H2,1H3,(H2,24,25,27,29)/t16-/m1/s1. The summed E-state index contributed by atoms with van der Waals surface area (Å²) in [7, 11) is 1.51. The van der Waals surface area contributed by atoms with Crippen molar-refractivity contribution in [3.05, 3.63) is 63.9 Å². The van der Waals surface area contributed by atoms with Crippen molar-refractivity contribution in [2.24, 2.45) is 0 Å². The molecule has 2 aromatic carbocycles. The Kier molecular flexibility index (Phi) is 6.54. The molecule has 7 nitrogen and oxygen atoms in total. The molecule has 0 aliphatic carbocycles. The molecule has 0 saturated carbocycles. The number of carbonyl (C=O) groups excluding carboxylic acids is 3. The molecule has 30 heavy (non-hydrogen) atoms. The number of ether oxygens (including phenoxy) is 1. The van der Waals surface area contributed by atoms with Crippen molar-refractivity contribution >= 4 is 29.9 Å². The minimum atomic E-state index is -0.843. The number of carbonyl (C=O) groups is 3. The van der Waals surface area contributed by atoms with Gasteiger partial charge in [-0.3, -0.25) is 14.9 Å². The van der Waals surface area contributed by atoms with E-state index in [1.54, 1.807) is 18.2 Å². The number of imide groups is 1. The van der Waals surface area contributed by atoms with Crippen LogP contribution in [-0.2, 0) is 11.3 Å². The highest BCUT2D eigenvalue weighted by Gasteiger charge is 2.29. The van der Waals surface area contributed by atoms with E-state index in [9.17, 15) is 18.8 Å².